The van der Waals surface area contributed by atoms with Crippen LogP contribution in [0.25, 0.3) is 11.0 Å². The minimum absolute atomic E-state index is 0.267. The fourth-order valence-corrected chi connectivity index (χ4v) is 3.93. The average molecular weight is 431 g/mol. The predicted octanol–water partition coefficient (Wildman–Crippen LogP) is 4.96. The van der Waals surface area contributed by atoms with Crippen molar-refractivity contribution < 1.29 is 14.7 Å². The van der Waals surface area contributed by atoms with Crippen LogP contribution in [0.15, 0.2) is 71.6 Å². The molecular weight excluding hydrogens is 414 g/mol. The molecule has 3 aromatic carbocycles. The Bertz CT molecular complexity index is 1300. The molecule has 0 unspecified atom stereocenters. The minimum Gasteiger partial charge on any atom is -0.457 e. The number of rotatable bonds is 6. The third kappa shape index (κ3) is 3.96. The maximum atomic E-state index is 11.7. The molecule has 0 bridgehead atoms. The molecule has 1 aliphatic rings. The molecule has 2 heterocycles. The largest absolute Gasteiger partial charge is 0.457 e. The normalized spacial score (nSPS) is 12.4. The lowest BCUT2D eigenvalue weighted by atomic mass is 10.1. The molecule has 0 saturated carbocycles. The third-order valence-corrected chi connectivity index (χ3v) is 5.53. The molecule has 0 aliphatic carbocycles. The molecule has 0 atom stereocenters. The number of carbonyl (C=O) groups excluding carboxylic acids is 1. The Morgan fingerprint density at radius 2 is 1.71 bits per heavy atom. The van der Waals surface area contributed by atoms with E-state index in [4.69, 9.17) is 19.9 Å². The van der Waals surface area contributed by atoms with Gasteiger partial charge in [0.2, 0.25) is 0 Å². The summed E-state index contributed by atoms with van der Waals surface area (Å²) in [5.41, 5.74) is 6.44. The number of fused-ring (bicyclic) bond motifs is 2. The van der Waals surface area contributed by atoms with E-state index < -0.39 is 0 Å². The van der Waals surface area contributed by atoms with Crippen molar-refractivity contribution in [3.8, 4) is 0 Å². The first-order valence-electron chi connectivity index (χ1n) is 9.46. The van der Waals surface area contributed by atoms with Crippen LogP contribution in [-0.4, -0.2) is 21.1 Å². The molecule has 8 nitrogen and oxygen atoms in total. The zero-order chi connectivity index (χ0) is 21.2. The molecule has 4 aromatic rings. The van der Waals surface area contributed by atoms with Gasteiger partial charge in [0, 0.05) is 16.1 Å². The van der Waals surface area contributed by atoms with E-state index in [1.807, 2.05) is 48.5 Å². The number of benzene rings is 3. The summed E-state index contributed by atoms with van der Waals surface area (Å²) < 4.78 is 8.33. The van der Waals surface area contributed by atoms with Crippen molar-refractivity contribution in [1.82, 2.24) is 9.97 Å². The summed E-state index contributed by atoms with van der Waals surface area (Å²) in [6.45, 7) is 0.267. The number of nitrogens with zero attached hydrogens (tertiary/aromatic N) is 2. The van der Waals surface area contributed by atoms with E-state index in [1.165, 1.54) is 11.9 Å². The van der Waals surface area contributed by atoms with Crippen molar-refractivity contribution >= 4 is 52.0 Å². The van der Waals surface area contributed by atoms with E-state index in [0.717, 1.165) is 27.2 Å². The molecule has 1 aromatic heterocycles. The summed E-state index contributed by atoms with van der Waals surface area (Å²) in [6.07, 6.45) is 0. The quantitative estimate of drug-likeness (QED) is 0.191. The zero-order valence-corrected chi connectivity index (χ0v) is 16.9. The van der Waals surface area contributed by atoms with Gasteiger partial charge in [0.1, 0.15) is 6.61 Å². The van der Waals surface area contributed by atoms with Crippen LogP contribution in [0.4, 0.5) is 23.0 Å². The molecule has 154 valence electrons. The lowest BCUT2D eigenvalue weighted by Crippen LogP contribution is -2.03. The lowest BCUT2D eigenvalue weighted by molar-refractivity contribution is 0.0535. The SMILES string of the molecule is O=C1OCc2cc(Nc3nc4ccccc4nc3NSc3cccc(NO)c3)ccc21. The molecule has 0 fully saturated rings. The van der Waals surface area contributed by atoms with E-state index in [0.29, 0.717) is 22.9 Å². The summed E-state index contributed by atoms with van der Waals surface area (Å²) in [5, 5.41) is 12.4. The summed E-state index contributed by atoms with van der Waals surface area (Å²) in [6, 6.07) is 20.4. The van der Waals surface area contributed by atoms with E-state index >= 15 is 0 Å². The molecule has 1 aliphatic heterocycles. The highest BCUT2D eigenvalue weighted by molar-refractivity contribution is 8.00. The van der Waals surface area contributed by atoms with Gasteiger partial charge in [-0.05, 0) is 60.5 Å². The second kappa shape index (κ2) is 8.13. The van der Waals surface area contributed by atoms with Crippen LogP contribution >= 0.6 is 11.9 Å². The van der Waals surface area contributed by atoms with Gasteiger partial charge in [-0.2, -0.15) is 0 Å². The van der Waals surface area contributed by atoms with E-state index in [-0.39, 0.29) is 12.6 Å². The standard InChI is InChI=1S/C22H17N5O3S/c28-22-17-9-8-14(10-13(17)12-30-22)23-20-21(25-19-7-2-1-6-18(19)24-20)27-31-16-5-3-4-15(11-16)26-29/h1-11,26,29H,12H2,(H,23,24)(H,25,27). The van der Waals surface area contributed by atoms with Crippen molar-refractivity contribution in [2.24, 2.45) is 0 Å². The smallest absolute Gasteiger partial charge is 0.338 e. The second-order valence-electron chi connectivity index (χ2n) is 6.83. The van der Waals surface area contributed by atoms with Crippen LogP contribution in [0.3, 0.4) is 0 Å². The molecule has 0 saturated heterocycles. The number of cyclic esters (lactones) is 1. The van der Waals surface area contributed by atoms with Crippen LogP contribution in [0.5, 0.6) is 0 Å². The number of ether oxygens (including phenoxy) is 1. The fourth-order valence-electron chi connectivity index (χ4n) is 3.24. The molecule has 0 radical (unpaired) electrons. The number of aromatic nitrogens is 2. The highest BCUT2D eigenvalue weighted by Crippen LogP contribution is 2.31. The minimum atomic E-state index is -0.301. The Balaban J connectivity index is 1.46. The third-order valence-electron chi connectivity index (χ3n) is 4.75. The van der Waals surface area contributed by atoms with Crippen molar-refractivity contribution in [3.63, 3.8) is 0 Å². The fraction of sp³-hybridized carbons (Fsp3) is 0.0455. The summed E-state index contributed by atoms with van der Waals surface area (Å²) >= 11 is 1.35. The average Bonchev–Trinajstić information content (AvgIpc) is 3.17. The molecule has 31 heavy (non-hydrogen) atoms. The van der Waals surface area contributed by atoms with Crippen LogP contribution in [0, 0.1) is 0 Å². The van der Waals surface area contributed by atoms with Crippen molar-refractivity contribution in [2.45, 2.75) is 11.5 Å². The van der Waals surface area contributed by atoms with Crippen LogP contribution < -0.4 is 15.5 Å². The molecule has 0 spiro atoms. The van der Waals surface area contributed by atoms with E-state index in [2.05, 4.69) is 15.5 Å². The second-order valence-corrected chi connectivity index (χ2v) is 7.71. The monoisotopic (exact) mass is 431 g/mol. The molecular formula is C22H17N5O3S. The Morgan fingerprint density at radius 3 is 2.52 bits per heavy atom. The Kier molecular flexibility index (Phi) is 5.03. The van der Waals surface area contributed by atoms with Gasteiger partial charge in [-0.1, -0.05) is 18.2 Å². The maximum Gasteiger partial charge on any atom is 0.338 e. The number of carbonyl (C=O) groups is 1. The van der Waals surface area contributed by atoms with Gasteiger partial charge in [0.25, 0.3) is 0 Å². The highest BCUT2D eigenvalue weighted by atomic mass is 32.2. The van der Waals surface area contributed by atoms with Crippen molar-refractivity contribution in [3.05, 3.63) is 77.9 Å². The van der Waals surface area contributed by atoms with Gasteiger partial charge < -0.3 is 14.8 Å². The Hall–Kier alpha value is -3.82. The lowest BCUT2D eigenvalue weighted by Gasteiger charge is -2.13. The maximum absolute atomic E-state index is 11.7. The van der Waals surface area contributed by atoms with Crippen LogP contribution in [0.1, 0.15) is 15.9 Å². The Morgan fingerprint density at radius 1 is 0.903 bits per heavy atom. The van der Waals surface area contributed by atoms with Crippen LogP contribution in [-0.2, 0) is 11.3 Å². The molecule has 9 heteroatoms. The van der Waals surface area contributed by atoms with E-state index in [9.17, 15) is 4.79 Å². The number of para-hydroxylation sites is 2. The topological polar surface area (TPSA) is 108 Å². The Labute approximate surface area is 181 Å². The van der Waals surface area contributed by atoms with Gasteiger partial charge in [0.05, 0.1) is 22.3 Å². The van der Waals surface area contributed by atoms with Crippen molar-refractivity contribution in [1.29, 1.82) is 0 Å². The van der Waals surface area contributed by atoms with Crippen LogP contribution in [0.2, 0.25) is 0 Å². The molecule has 5 rings (SSSR count). The van der Waals surface area contributed by atoms with Gasteiger partial charge >= 0.3 is 5.97 Å². The number of hydrogen-bond donors (Lipinski definition) is 4. The van der Waals surface area contributed by atoms with Gasteiger partial charge in [-0.15, -0.1) is 0 Å². The first-order valence-corrected chi connectivity index (χ1v) is 10.3. The van der Waals surface area contributed by atoms with Crippen molar-refractivity contribution in [2.75, 3.05) is 15.5 Å². The number of esters is 1. The van der Waals surface area contributed by atoms with Gasteiger partial charge in [-0.3, -0.25) is 10.7 Å². The van der Waals surface area contributed by atoms with E-state index in [1.54, 1.807) is 18.2 Å². The molecule has 4 N–H and O–H groups in total. The number of anilines is 4. The first kappa shape index (κ1) is 19.2. The van der Waals surface area contributed by atoms with Gasteiger partial charge in [-0.25, -0.2) is 14.8 Å². The predicted molar refractivity (Wildman–Crippen MR) is 120 cm³/mol. The number of nitrogens with one attached hydrogen (secondary N) is 3. The highest BCUT2D eigenvalue weighted by Gasteiger charge is 2.21. The summed E-state index contributed by atoms with van der Waals surface area (Å²) in [7, 11) is 0. The van der Waals surface area contributed by atoms with Gasteiger partial charge in [0.15, 0.2) is 11.6 Å². The summed E-state index contributed by atoms with van der Waals surface area (Å²) in [5.74, 6) is 0.803. The first-order chi connectivity index (χ1) is 15.2. The zero-order valence-electron chi connectivity index (χ0n) is 16.1. The number of hydrogen-bond acceptors (Lipinski definition) is 9. The summed E-state index contributed by atoms with van der Waals surface area (Å²) in [4.78, 5) is 22.0. The molecule has 0 amide bonds.